The zero-order valence-electron chi connectivity index (χ0n) is 17.0. The summed E-state index contributed by atoms with van der Waals surface area (Å²) >= 11 is 1.62. The summed E-state index contributed by atoms with van der Waals surface area (Å²) in [5.41, 5.74) is 8.34. The van der Waals surface area contributed by atoms with Crippen molar-refractivity contribution in [1.82, 2.24) is 4.98 Å². The van der Waals surface area contributed by atoms with Gasteiger partial charge in [0.2, 0.25) is 0 Å². The van der Waals surface area contributed by atoms with Crippen LogP contribution in [0.3, 0.4) is 0 Å². The van der Waals surface area contributed by atoms with E-state index in [0.717, 1.165) is 27.9 Å². The number of para-hydroxylation sites is 1. The van der Waals surface area contributed by atoms with Crippen LogP contribution >= 0.6 is 11.5 Å². The van der Waals surface area contributed by atoms with Crippen molar-refractivity contribution in [2.75, 3.05) is 5.32 Å². The van der Waals surface area contributed by atoms with Crippen LogP contribution in [-0.2, 0) is 0 Å². The van der Waals surface area contributed by atoms with E-state index < -0.39 is 0 Å². The quantitative estimate of drug-likeness (QED) is 0.469. The Labute approximate surface area is 187 Å². The second-order valence-electron chi connectivity index (χ2n) is 7.23. The van der Waals surface area contributed by atoms with Gasteiger partial charge in [0.25, 0.3) is 0 Å². The van der Waals surface area contributed by atoms with Gasteiger partial charge >= 0.3 is 11.0 Å². The maximum absolute atomic E-state index is 4.96. The molecule has 0 aliphatic heterocycles. The molecular weight excluding hydrogens is 442 g/mol. The van der Waals surface area contributed by atoms with Crippen molar-refractivity contribution in [1.29, 1.82) is 0 Å². The standard InChI is InChI=1S/C24H23N3S.BrH/c1-16-10-12-20(13-11-16)23-26-24(28-27(23)21-8-6-5-7-9-21)25-22-18(3)14-17(2)15-19(22)4;/h5-15H,1-4H3;1H. The highest BCUT2D eigenvalue weighted by atomic mass is 79.9. The van der Waals surface area contributed by atoms with Gasteiger partial charge in [0.05, 0.1) is 5.56 Å². The fraction of sp³-hybridized carbons (Fsp3) is 0.167. The third kappa shape index (κ3) is 4.57. The van der Waals surface area contributed by atoms with Crippen molar-refractivity contribution < 1.29 is 20.9 Å². The minimum Gasteiger partial charge on any atom is -1.00 e. The molecule has 0 unspecified atom stereocenters. The monoisotopic (exact) mass is 465 g/mol. The Hall–Kier alpha value is -2.50. The van der Waals surface area contributed by atoms with Gasteiger partial charge in [-0.25, -0.2) is 0 Å². The van der Waals surface area contributed by atoms with Gasteiger partial charge in [0.15, 0.2) is 0 Å². The number of aryl methyl sites for hydroxylation is 4. The number of aromatic nitrogens is 2. The second-order valence-corrected chi connectivity index (χ2v) is 8.16. The number of anilines is 2. The lowest BCUT2D eigenvalue weighted by atomic mass is 10.1. The molecule has 3 nitrogen and oxygen atoms in total. The summed E-state index contributed by atoms with van der Waals surface area (Å²) in [5.74, 6) is 0.945. The number of nitrogens with zero attached hydrogens (tertiary/aromatic N) is 2. The lowest BCUT2D eigenvalue weighted by Crippen LogP contribution is -3.00. The first-order chi connectivity index (χ1) is 13.5. The Bertz CT molecular complexity index is 1100. The van der Waals surface area contributed by atoms with Crippen LogP contribution in [0.15, 0.2) is 66.7 Å². The van der Waals surface area contributed by atoms with Crippen LogP contribution in [0.25, 0.3) is 17.1 Å². The average Bonchev–Trinajstić information content (AvgIpc) is 3.10. The van der Waals surface area contributed by atoms with Crippen LogP contribution in [-0.4, -0.2) is 4.98 Å². The molecule has 5 heteroatoms. The third-order valence-electron chi connectivity index (χ3n) is 4.79. The molecule has 1 N–H and O–H groups in total. The van der Waals surface area contributed by atoms with Gasteiger partial charge in [-0.2, -0.15) is 0 Å². The average molecular weight is 466 g/mol. The molecule has 0 spiro atoms. The van der Waals surface area contributed by atoms with E-state index in [4.69, 9.17) is 4.98 Å². The van der Waals surface area contributed by atoms with Gasteiger partial charge in [0.1, 0.15) is 17.2 Å². The molecule has 0 aliphatic carbocycles. The fourth-order valence-electron chi connectivity index (χ4n) is 3.45. The topological polar surface area (TPSA) is 28.8 Å². The van der Waals surface area contributed by atoms with E-state index in [-0.39, 0.29) is 17.0 Å². The highest BCUT2D eigenvalue weighted by molar-refractivity contribution is 7.06. The van der Waals surface area contributed by atoms with Crippen molar-refractivity contribution in [3.63, 3.8) is 0 Å². The van der Waals surface area contributed by atoms with E-state index in [0.29, 0.717) is 0 Å². The summed E-state index contributed by atoms with van der Waals surface area (Å²) in [6.07, 6.45) is 0. The van der Waals surface area contributed by atoms with E-state index in [9.17, 15) is 0 Å². The lowest BCUT2D eigenvalue weighted by molar-refractivity contribution is -0.509. The second kappa shape index (κ2) is 8.89. The Balaban J connectivity index is 0.00000240. The molecule has 1 aromatic heterocycles. The Morgan fingerprint density at radius 1 is 0.793 bits per heavy atom. The first kappa shape index (κ1) is 21.2. The smallest absolute Gasteiger partial charge is 0.350 e. The summed E-state index contributed by atoms with van der Waals surface area (Å²) < 4.78 is 2.19. The summed E-state index contributed by atoms with van der Waals surface area (Å²) in [6, 6.07) is 23.3. The van der Waals surface area contributed by atoms with Gasteiger partial charge in [-0.15, -0.1) is 3.96 Å². The number of nitrogens with one attached hydrogen (secondary N) is 1. The van der Waals surface area contributed by atoms with Crippen molar-refractivity contribution in [2.45, 2.75) is 27.7 Å². The molecule has 0 amide bonds. The molecule has 1 heterocycles. The Kier molecular flexibility index (Phi) is 6.50. The molecule has 0 radical (unpaired) electrons. The zero-order chi connectivity index (χ0) is 19.7. The van der Waals surface area contributed by atoms with Crippen LogP contribution in [0.4, 0.5) is 10.8 Å². The van der Waals surface area contributed by atoms with Crippen molar-refractivity contribution in [3.8, 4) is 17.1 Å². The number of hydrogen-bond donors (Lipinski definition) is 1. The van der Waals surface area contributed by atoms with Crippen LogP contribution in [0, 0.1) is 27.7 Å². The van der Waals surface area contributed by atoms with Gasteiger partial charge in [-0.05, 0) is 68.1 Å². The molecule has 0 atom stereocenters. The maximum atomic E-state index is 4.96. The minimum absolute atomic E-state index is 0. The highest BCUT2D eigenvalue weighted by Crippen LogP contribution is 2.29. The molecule has 148 valence electrons. The minimum atomic E-state index is 0. The number of rotatable bonds is 4. The molecular formula is C24H24BrN3S. The Morgan fingerprint density at radius 3 is 2.03 bits per heavy atom. The molecule has 0 saturated heterocycles. The maximum Gasteiger partial charge on any atom is 0.350 e. The number of halogens is 1. The van der Waals surface area contributed by atoms with E-state index in [1.54, 1.807) is 11.5 Å². The van der Waals surface area contributed by atoms with E-state index in [1.165, 1.54) is 22.3 Å². The highest BCUT2D eigenvalue weighted by Gasteiger charge is 2.25. The predicted molar refractivity (Wildman–Crippen MR) is 118 cm³/mol. The predicted octanol–water partition coefficient (Wildman–Crippen LogP) is 3.07. The van der Waals surface area contributed by atoms with Crippen LogP contribution in [0.1, 0.15) is 22.3 Å². The molecule has 4 rings (SSSR count). The normalized spacial score (nSPS) is 10.5. The first-order valence-electron chi connectivity index (χ1n) is 9.42. The molecule has 0 aliphatic rings. The van der Waals surface area contributed by atoms with E-state index in [1.807, 2.05) is 6.07 Å². The first-order valence-corrected chi connectivity index (χ1v) is 10.2. The summed E-state index contributed by atoms with van der Waals surface area (Å²) in [4.78, 5) is 4.96. The third-order valence-corrected chi connectivity index (χ3v) is 5.72. The van der Waals surface area contributed by atoms with Gasteiger partial charge in [-0.1, -0.05) is 53.6 Å². The molecule has 0 fully saturated rings. The van der Waals surface area contributed by atoms with Crippen LogP contribution < -0.4 is 26.3 Å². The summed E-state index contributed by atoms with van der Waals surface area (Å²) in [7, 11) is 0. The van der Waals surface area contributed by atoms with Crippen molar-refractivity contribution in [3.05, 3.63) is 89.0 Å². The molecule has 0 saturated carbocycles. The summed E-state index contributed by atoms with van der Waals surface area (Å²) in [6.45, 7) is 8.52. The number of benzene rings is 3. The molecule has 3 aromatic carbocycles. The molecule has 0 bridgehead atoms. The Morgan fingerprint density at radius 2 is 1.41 bits per heavy atom. The van der Waals surface area contributed by atoms with Crippen molar-refractivity contribution in [2.24, 2.45) is 0 Å². The zero-order valence-corrected chi connectivity index (χ0v) is 19.4. The van der Waals surface area contributed by atoms with E-state index >= 15 is 0 Å². The van der Waals surface area contributed by atoms with Crippen LogP contribution in [0.2, 0.25) is 0 Å². The molecule has 29 heavy (non-hydrogen) atoms. The van der Waals surface area contributed by atoms with Crippen molar-refractivity contribution >= 4 is 22.4 Å². The lowest BCUT2D eigenvalue weighted by Gasteiger charge is -2.09. The van der Waals surface area contributed by atoms with E-state index in [2.05, 4.69) is 97.6 Å². The van der Waals surface area contributed by atoms with Gasteiger partial charge < -0.3 is 22.3 Å². The summed E-state index contributed by atoms with van der Waals surface area (Å²) in [5, 5.41) is 4.45. The SMILES string of the molecule is Cc1ccc(-c2nc(Nc3c(C)cc(C)cc3C)s[n+]2-c2ccccc2)cc1.[Br-]. The fourth-order valence-corrected chi connectivity index (χ4v) is 4.36. The van der Waals surface area contributed by atoms with Crippen LogP contribution in [0.5, 0.6) is 0 Å². The van der Waals surface area contributed by atoms with Gasteiger partial charge in [-0.3, -0.25) is 0 Å². The largest absolute Gasteiger partial charge is 1.00 e. The number of hydrogen-bond acceptors (Lipinski definition) is 3. The molecule has 4 aromatic rings. The van der Waals surface area contributed by atoms with Gasteiger partial charge in [0, 0.05) is 5.69 Å².